The molecule has 0 atom stereocenters. The molecule has 1 aromatic rings. The van der Waals surface area contributed by atoms with Gasteiger partial charge in [-0.1, -0.05) is 11.4 Å². The molecule has 0 bridgehead atoms. The van der Waals surface area contributed by atoms with Crippen molar-refractivity contribution in [1.29, 1.82) is 0 Å². The van der Waals surface area contributed by atoms with Crippen molar-refractivity contribution < 1.29 is 9.90 Å². The van der Waals surface area contributed by atoms with E-state index in [1.807, 2.05) is 6.92 Å². The first kappa shape index (κ1) is 11.5. The summed E-state index contributed by atoms with van der Waals surface area (Å²) in [7, 11) is 0. The zero-order valence-corrected chi connectivity index (χ0v) is 9.96. The number of hydrogen-bond donors (Lipinski definition) is 2. The van der Waals surface area contributed by atoms with E-state index in [9.17, 15) is 4.79 Å². The number of aryl methyl sites for hydroxylation is 1. The second-order valence-electron chi connectivity index (χ2n) is 4.10. The Morgan fingerprint density at radius 2 is 2.38 bits per heavy atom. The highest BCUT2D eigenvalue weighted by molar-refractivity contribution is 7.08. The molecule has 2 N–H and O–H groups in total. The fraction of sp³-hybridized carbons (Fsp3) is 0.700. The Balaban J connectivity index is 1.84. The van der Waals surface area contributed by atoms with Gasteiger partial charge < -0.3 is 10.4 Å². The molecule has 16 heavy (non-hydrogen) atoms. The summed E-state index contributed by atoms with van der Waals surface area (Å²) < 4.78 is 3.78. The summed E-state index contributed by atoms with van der Waals surface area (Å²) in [6, 6.07) is 0. The quantitative estimate of drug-likeness (QED) is 0.809. The molecular weight excluding hydrogens is 226 g/mol. The largest absolute Gasteiger partial charge is 0.393 e. The van der Waals surface area contributed by atoms with E-state index in [2.05, 4.69) is 14.9 Å². The smallest absolute Gasteiger partial charge is 0.264 e. The second-order valence-corrected chi connectivity index (χ2v) is 4.86. The lowest BCUT2D eigenvalue weighted by atomic mass is 9.82. The van der Waals surface area contributed by atoms with E-state index in [0.29, 0.717) is 17.3 Å². The highest BCUT2D eigenvalue weighted by Gasteiger charge is 2.27. The van der Waals surface area contributed by atoms with Crippen molar-refractivity contribution in [3.8, 4) is 0 Å². The van der Waals surface area contributed by atoms with Crippen LogP contribution in [-0.2, 0) is 6.42 Å². The molecule has 1 aliphatic carbocycles. The molecule has 0 aliphatic heterocycles. The molecule has 1 aromatic heterocycles. The fourth-order valence-electron chi connectivity index (χ4n) is 1.80. The fourth-order valence-corrected chi connectivity index (χ4v) is 2.46. The van der Waals surface area contributed by atoms with Crippen LogP contribution in [0.4, 0.5) is 0 Å². The van der Waals surface area contributed by atoms with Crippen LogP contribution in [0.3, 0.4) is 0 Å². The molecule has 0 radical (unpaired) electrons. The van der Waals surface area contributed by atoms with E-state index >= 15 is 0 Å². The molecule has 5 nitrogen and oxygen atoms in total. The number of hydrogen-bond acceptors (Lipinski definition) is 5. The van der Waals surface area contributed by atoms with E-state index in [1.54, 1.807) is 0 Å². The summed E-state index contributed by atoms with van der Waals surface area (Å²) in [5, 5.41) is 15.9. The Kier molecular flexibility index (Phi) is 3.50. The summed E-state index contributed by atoms with van der Waals surface area (Å²) in [5.41, 5.74) is 0.760. The van der Waals surface area contributed by atoms with Gasteiger partial charge in [0.2, 0.25) is 0 Å². The third kappa shape index (κ3) is 2.38. The van der Waals surface area contributed by atoms with Gasteiger partial charge in [0.15, 0.2) is 0 Å². The van der Waals surface area contributed by atoms with Gasteiger partial charge in [0.25, 0.3) is 5.91 Å². The third-order valence-electron chi connectivity index (χ3n) is 2.86. The van der Waals surface area contributed by atoms with Gasteiger partial charge in [-0.15, -0.1) is 5.10 Å². The minimum Gasteiger partial charge on any atom is -0.393 e. The minimum atomic E-state index is -0.168. The van der Waals surface area contributed by atoms with Crippen LogP contribution in [0.1, 0.15) is 35.1 Å². The maximum Gasteiger partial charge on any atom is 0.264 e. The summed E-state index contributed by atoms with van der Waals surface area (Å²) >= 11 is 1.14. The average Bonchev–Trinajstić information content (AvgIpc) is 2.70. The summed E-state index contributed by atoms with van der Waals surface area (Å²) in [4.78, 5) is 12.4. The lowest BCUT2D eigenvalue weighted by Crippen LogP contribution is -2.38. The van der Waals surface area contributed by atoms with Gasteiger partial charge >= 0.3 is 0 Å². The van der Waals surface area contributed by atoms with Gasteiger partial charge in [-0.2, -0.15) is 0 Å². The van der Waals surface area contributed by atoms with Crippen LogP contribution < -0.4 is 5.32 Å². The molecule has 1 heterocycles. The topological polar surface area (TPSA) is 75.1 Å². The average molecular weight is 241 g/mol. The third-order valence-corrected chi connectivity index (χ3v) is 3.63. The highest BCUT2D eigenvalue weighted by Crippen LogP contribution is 2.26. The minimum absolute atomic E-state index is 0.0896. The van der Waals surface area contributed by atoms with Crippen molar-refractivity contribution in [2.75, 3.05) is 6.54 Å². The van der Waals surface area contributed by atoms with Gasteiger partial charge in [0.05, 0.1) is 11.8 Å². The van der Waals surface area contributed by atoms with E-state index < -0.39 is 0 Å². The van der Waals surface area contributed by atoms with Crippen molar-refractivity contribution in [1.82, 2.24) is 14.9 Å². The second kappa shape index (κ2) is 4.88. The maximum absolute atomic E-state index is 11.8. The Hall–Kier alpha value is -1.01. The molecule has 1 fully saturated rings. The van der Waals surface area contributed by atoms with Crippen molar-refractivity contribution in [2.24, 2.45) is 5.92 Å². The van der Waals surface area contributed by atoms with Gasteiger partial charge in [0, 0.05) is 6.54 Å². The first-order valence-electron chi connectivity index (χ1n) is 5.48. The first-order chi connectivity index (χ1) is 7.70. The van der Waals surface area contributed by atoms with Crippen molar-refractivity contribution >= 4 is 17.4 Å². The molecule has 0 spiro atoms. The number of aliphatic hydroxyl groups excluding tert-OH is 1. The highest BCUT2D eigenvalue weighted by atomic mass is 32.1. The molecule has 1 saturated carbocycles. The van der Waals surface area contributed by atoms with Crippen molar-refractivity contribution in [3.63, 3.8) is 0 Å². The maximum atomic E-state index is 11.8. The van der Waals surface area contributed by atoms with Crippen LogP contribution in [0.2, 0.25) is 0 Å². The summed E-state index contributed by atoms with van der Waals surface area (Å²) in [6.07, 6.45) is 2.14. The zero-order chi connectivity index (χ0) is 11.5. The molecule has 0 aromatic carbocycles. The lowest BCUT2D eigenvalue weighted by molar-refractivity contribution is 0.0420. The van der Waals surface area contributed by atoms with Crippen LogP contribution in [0, 0.1) is 5.92 Å². The van der Waals surface area contributed by atoms with Crippen molar-refractivity contribution in [2.45, 2.75) is 32.3 Å². The standard InChI is InChI=1S/C10H15N3O2S/c1-2-8-9(16-13-12-8)10(15)11-5-6-3-7(14)4-6/h6-7,14H,2-5H2,1H3,(H,11,15). The van der Waals surface area contributed by atoms with Gasteiger partial charge in [0.1, 0.15) is 4.88 Å². The lowest BCUT2D eigenvalue weighted by Gasteiger charge is -2.31. The number of nitrogens with one attached hydrogen (secondary N) is 1. The number of aliphatic hydroxyl groups is 1. The SMILES string of the molecule is CCc1nnsc1C(=O)NCC1CC(O)C1. The molecule has 2 rings (SSSR count). The number of carbonyl (C=O) groups excluding carboxylic acids is 1. The van der Waals surface area contributed by atoms with Crippen LogP contribution in [0.5, 0.6) is 0 Å². The predicted molar refractivity (Wildman–Crippen MR) is 60.4 cm³/mol. The van der Waals surface area contributed by atoms with Crippen LogP contribution in [0.15, 0.2) is 0 Å². The predicted octanol–water partition coefficient (Wildman–Crippen LogP) is 0.601. The molecule has 1 aliphatic rings. The van der Waals surface area contributed by atoms with Crippen LogP contribution in [0.25, 0.3) is 0 Å². The monoisotopic (exact) mass is 241 g/mol. The Bertz CT molecular complexity index is 374. The molecule has 0 unspecified atom stereocenters. The zero-order valence-electron chi connectivity index (χ0n) is 9.14. The van der Waals surface area contributed by atoms with E-state index in [-0.39, 0.29) is 12.0 Å². The first-order valence-corrected chi connectivity index (χ1v) is 6.25. The van der Waals surface area contributed by atoms with Gasteiger partial charge in [-0.25, -0.2) is 0 Å². The van der Waals surface area contributed by atoms with Crippen molar-refractivity contribution in [3.05, 3.63) is 10.6 Å². The molecule has 1 amide bonds. The number of nitrogens with zero attached hydrogens (tertiary/aromatic N) is 2. The Labute approximate surface area is 98.0 Å². The van der Waals surface area contributed by atoms with E-state index in [1.165, 1.54) is 0 Å². The summed E-state index contributed by atoms with van der Waals surface area (Å²) in [5.74, 6) is 0.332. The number of rotatable bonds is 4. The number of carbonyl (C=O) groups is 1. The summed E-state index contributed by atoms with van der Waals surface area (Å²) in [6.45, 7) is 2.59. The number of amides is 1. The van der Waals surface area contributed by atoms with Crippen LogP contribution in [-0.4, -0.2) is 33.2 Å². The molecular formula is C10H15N3O2S. The molecule has 0 saturated heterocycles. The normalized spacial score (nSPS) is 23.9. The molecule has 88 valence electrons. The van der Waals surface area contributed by atoms with E-state index in [0.717, 1.165) is 36.5 Å². The van der Waals surface area contributed by atoms with E-state index in [4.69, 9.17) is 5.11 Å². The van der Waals surface area contributed by atoms with Gasteiger partial charge in [-0.05, 0) is 36.7 Å². The Morgan fingerprint density at radius 1 is 1.62 bits per heavy atom. The Morgan fingerprint density at radius 3 is 3.00 bits per heavy atom. The number of aromatic nitrogens is 2. The van der Waals surface area contributed by atoms with Gasteiger partial charge in [-0.3, -0.25) is 4.79 Å². The molecule has 6 heteroatoms. The van der Waals surface area contributed by atoms with Crippen LogP contribution >= 0.6 is 11.5 Å².